The molecule has 4 heteroatoms. The van der Waals surface area contributed by atoms with Crippen molar-refractivity contribution >= 4 is 0 Å². The molecule has 0 N–H and O–H groups in total. The number of benzene rings is 1. The maximum Gasteiger partial charge on any atom is 4.00 e. The molecular weight excluding hydrogens is 220 g/mol. The zero-order valence-electron chi connectivity index (χ0n) is 7.17. The van der Waals surface area contributed by atoms with Crippen LogP contribution in [0.5, 0.6) is 0 Å². The van der Waals surface area contributed by atoms with Crippen molar-refractivity contribution in [2.45, 2.75) is 0 Å². The molecule has 1 aromatic carbocycles. The molecule has 0 aliphatic rings. The summed E-state index contributed by atoms with van der Waals surface area (Å²) in [5, 5.41) is 0. The van der Waals surface area contributed by atoms with E-state index in [1.54, 1.807) is 29.1 Å². The van der Waals surface area contributed by atoms with E-state index in [2.05, 4.69) is 0 Å². The minimum Gasteiger partial charge on any atom is -0.375 e. The number of nitrogens with zero attached hydrogens (tertiary/aromatic N) is 1. The quantitative estimate of drug-likeness (QED) is 0.520. The van der Waals surface area contributed by atoms with Gasteiger partial charge in [0.05, 0.1) is 0 Å². The van der Waals surface area contributed by atoms with Crippen molar-refractivity contribution in [2.24, 2.45) is 0 Å². The molecule has 2 rings (SSSR count). The standard InChI is InChI=1S/C10H6F2N.Ti/c11-8-3-4-10(9(12)7-8)13-5-1-2-6-13;/h1-6H;/q-1;+4. The van der Waals surface area contributed by atoms with Crippen LogP contribution >= 0.6 is 0 Å². The second-order valence-corrected chi connectivity index (χ2v) is 2.60. The van der Waals surface area contributed by atoms with Gasteiger partial charge in [-0.15, -0.1) is 18.2 Å². The van der Waals surface area contributed by atoms with Crippen LogP contribution in [0.1, 0.15) is 0 Å². The zero-order chi connectivity index (χ0) is 9.26. The van der Waals surface area contributed by atoms with Crippen molar-refractivity contribution in [3.63, 3.8) is 0 Å². The Bertz CT molecular complexity index is 412. The molecule has 1 heterocycles. The molecule has 0 saturated heterocycles. The van der Waals surface area contributed by atoms with E-state index in [1.807, 2.05) is 6.07 Å². The Balaban J connectivity index is 0.000000980. The van der Waals surface area contributed by atoms with E-state index in [4.69, 9.17) is 0 Å². The summed E-state index contributed by atoms with van der Waals surface area (Å²) >= 11 is 0. The maximum atomic E-state index is 13.1. The predicted octanol–water partition coefficient (Wildman–Crippen LogP) is 2.55. The van der Waals surface area contributed by atoms with Gasteiger partial charge >= 0.3 is 21.7 Å². The minimum absolute atomic E-state index is 0. The van der Waals surface area contributed by atoms with Crippen LogP contribution in [0.15, 0.2) is 36.7 Å². The summed E-state index contributed by atoms with van der Waals surface area (Å²) in [5.74, 6) is -1.37. The number of aromatic nitrogens is 1. The van der Waals surface area contributed by atoms with E-state index >= 15 is 0 Å². The van der Waals surface area contributed by atoms with Crippen LogP contribution in [0.4, 0.5) is 8.78 Å². The van der Waals surface area contributed by atoms with Gasteiger partial charge in [0.2, 0.25) is 0 Å². The van der Waals surface area contributed by atoms with E-state index in [1.165, 1.54) is 12.1 Å². The molecule has 2 aromatic rings. The van der Waals surface area contributed by atoms with Crippen LogP contribution in [0.2, 0.25) is 0 Å². The fourth-order valence-corrected chi connectivity index (χ4v) is 1.13. The summed E-state index contributed by atoms with van der Waals surface area (Å²) in [4.78, 5) is 0. The maximum absolute atomic E-state index is 13.1. The molecule has 0 aliphatic carbocycles. The first-order valence-electron chi connectivity index (χ1n) is 3.78. The van der Waals surface area contributed by atoms with Crippen LogP contribution in [-0.2, 0) is 21.7 Å². The van der Waals surface area contributed by atoms with Gasteiger partial charge in [0.15, 0.2) is 0 Å². The molecule has 1 nitrogen and oxygen atoms in total. The monoisotopic (exact) mass is 226 g/mol. The van der Waals surface area contributed by atoms with Crippen LogP contribution in [0, 0.1) is 17.7 Å². The second-order valence-electron chi connectivity index (χ2n) is 2.60. The molecule has 66 valence electrons. The first kappa shape index (κ1) is 11.2. The molecule has 0 fully saturated rings. The van der Waals surface area contributed by atoms with Crippen LogP contribution < -0.4 is 0 Å². The van der Waals surface area contributed by atoms with Crippen molar-refractivity contribution in [3.8, 4) is 5.69 Å². The average molecular weight is 226 g/mol. The van der Waals surface area contributed by atoms with Crippen LogP contribution in [-0.4, -0.2) is 4.57 Å². The molecule has 1 aromatic heterocycles. The molecule has 0 bridgehead atoms. The summed E-state index contributed by atoms with van der Waals surface area (Å²) in [5.41, 5.74) is 0.298. The molecule has 0 unspecified atom stereocenters. The van der Waals surface area contributed by atoms with Gasteiger partial charge in [-0.05, 0) is 30.2 Å². The van der Waals surface area contributed by atoms with Gasteiger partial charge in [-0.2, -0.15) is 0 Å². The predicted molar refractivity (Wildman–Crippen MR) is 44.5 cm³/mol. The molecule has 14 heavy (non-hydrogen) atoms. The van der Waals surface area contributed by atoms with E-state index in [-0.39, 0.29) is 21.7 Å². The largest absolute Gasteiger partial charge is 4.00 e. The number of halogens is 2. The Morgan fingerprint density at radius 3 is 2.29 bits per heavy atom. The topological polar surface area (TPSA) is 4.93 Å². The Kier molecular flexibility index (Phi) is 3.61. The van der Waals surface area contributed by atoms with Gasteiger partial charge in [-0.25, -0.2) is 8.78 Å². The third-order valence-corrected chi connectivity index (χ3v) is 1.72. The number of rotatable bonds is 1. The summed E-state index contributed by atoms with van der Waals surface area (Å²) in [6, 6.07) is 8.06. The number of hydrogen-bond acceptors (Lipinski definition) is 0. The third kappa shape index (κ3) is 2.11. The molecular formula is C10H6F2NTi+3. The SMILES string of the molecule is Fc1[c-]c(F)c(-n2cccc2)cc1.[Ti+4]. The third-order valence-electron chi connectivity index (χ3n) is 1.72. The van der Waals surface area contributed by atoms with Crippen LogP contribution in [0.25, 0.3) is 5.69 Å². The smallest absolute Gasteiger partial charge is 0.375 e. The molecule has 0 radical (unpaired) electrons. The average Bonchev–Trinajstić information content (AvgIpc) is 2.56. The fourth-order valence-electron chi connectivity index (χ4n) is 1.13. The summed E-state index contributed by atoms with van der Waals surface area (Å²) in [6.45, 7) is 0. The number of hydrogen-bond donors (Lipinski definition) is 0. The van der Waals surface area contributed by atoms with E-state index in [9.17, 15) is 8.78 Å². The van der Waals surface area contributed by atoms with Gasteiger partial charge in [0.25, 0.3) is 0 Å². The van der Waals surface area contributed by atoms with Gasteiger partial charge in [0.1, 0.15) is 0 Å². The summed E-state index contributed by atoms with van der Waals surface area (Å²) < 4.78 is 27.1. The van der Waals surface area contributed by atoms with E-state index < -0.39 is 11.6 Å². The van der Waals surface area contributed by atoms with Crippen molar-refractivity contribution < 1.29 is 30.5 Å². The normalized spacial score (nSPS) is 9.57. The second kappa shape index (κ2) is 4.53. The van der Waals surface area contributed by atoms with E-state index in [0.717, 1.165) is 0 Å². The van der Waals surface area contributed by atoms with Crippen molar-refractivity contribution in [3.05, 3.63) is 54.4 Å². The molecule has 0 saturated carbocycles. The summed E-state index contributed by atoms with van der Waals surface area (Å²) in [6.07, 6.45) is 3.37. The summed E-state index contributed by atoms with van der Waals surface area (Å²) in [7, 11) is 0. The van der Waals surface area contributed by atoms with Crippen molar-refractivity contribution in [1.82, 2.24) is 4.57 Å². The fraction of sp³-hybridized carbons (Fsp3) is 0. The Labute approximate surface area is 95.2 Å². The minimum atomic E-state index is -0.687. The first-order valence-corrected chi connectivity index (χ1v) is 3.78. The molecule has 0 spiro atoms. The Hall–Kier alpha value is -0.926. The van der Waals surface area contributed by atoms with Gasteiger partial charge in [-0.3, -0.25) is 0 Å². The van der Waals surface area contributed by atoms with Gasteiger partial charge in [-0.1, -0.05) is 0 Å². The molecule has 0 aliphatic heterocycles. The Morgan fingerprint density at radius 2 is 1.71 bits per heavy atom. The van der Waals surface area contributed by atoms with Gasteiger partial charge < -0.3 is 4.57 Å². The zero-order valence-corrected chi connectivity index (χ0v) is 8.73. The van der Waals surface area contributed by atoms with Crippen molar-refractivity contribution in [1.29, 1.82) is 0 Å². The van der Waals surface area contributed by atoms with Gasteiger partial charge in [0, 0.05) is 11.6 Å². The van der Waals surface area contributed by atoms with E-state index in [0.29, 0.717) is 5.69 Å². The first-order chi connectivity index (χ1) is 6.27. The van der Waals surface area contributed by atoms with Crippen LogP contribution in [0.3, 0.4) is 0 Å². The molecule has 0 atom stereocenters. The molecule has 0 amide bonds. The Morgan fingerprint density at radius 1 is 1.07 bits per heavy atom. The van der Waals surface area contributed by atoms with Crippen molar-refractivity contribution in [2.75, 3.05) is 0 Å².